The largest absolute Gasteiger partial charge is 0.378 e. The highest BCUT2D eigenvalue weighted by atomic mass is 35.5. The Balaban J connectivity index is 1.77. The average molecular weight is 412 g/mol. The second-order valence-corrected chi connectivity index (χ2v) is 7.12. The van der Waals surface area contributed by atoms with Crippen LogP contribution in [0.2, 0.25) is 5.02 Å². The highest BCUT2D eigenvalue weighted by Crippen LogP contribution is 2.34. The van der Waals surface area contributed by atoms with Crippen LogP contribution in [0.15, 0.2) is 23.1 Å². The SMILES string of the molecule is O=C(CN1C(=O)S/C(=C\c2cc([N+](=O)[O-])ccc2Cl)C1=O)N1CCOCC1. The zero-order valence-corrected chi connectivity index (χ0v) is 15.5. The Morgan fingerprint density at radius 1 is 1.33 bits per heavy atom. The van der Waals surface area contributed by atoms with E-state index in [1.54, 1.807) is 0 Å². The van der Waals surface area contributed by atoms with E-state index in [-0.39, 0.29) is 33.6 Å². The first-order valence-electron chi connectivity index (χ1n) is 7.91. The molecule has 0 atom stereocenters. The molecule has 2 saturated heterocycles. The molecule has 2 aliphatic rings. The second-order valence-electron chi connectivity index (χ2n) is 5.72. The van der Waals surface area contributed by atoms with Crippen molar-refractivity contribution in [3.05, 3.63) is 43.8 Å². The van der Waals surface area contributed by atoms with Crippen molar-refractivity contribution in [2.24, 2.45) is 0 Å². The van der Waals surface area contributed by atoms with E-state index in [4.69, 9.17) is 16.3 Å². The number of rotatable bonds is 4. The molecule has 142 valence electrons. The molecule has 27 heavy (non-hydrogen) atoms. The Morgan fingerprint density at radius 2 is 2.04 bits per heavy atom. The summed E-state index contributed by atoms with van der Waals surface area (Å²) in [5, 5.41) is 10.5. The van der Waals surface area contributed by atoms with Crippen molar-refractivity contribution in [2.45, 2.75) is 0 Å². The number of non-ortho nitro benzene ring substituents is 1. The molecule has 0 N–H and O–H groups in total. The van der Waals surface area contributed by atoms with E-state index in [1.165, 1.54) is 29.2 Å². The fourth-order valence-corrected chi connectivity index (χ4v) is 3.58. The van der Waals surface area contributed by atoms with Crippen molar-refractivity contribution in [3.8, 4) is 0 Å². The number of carbonyl (C=O) groups excluding carboxylic acids is 3. The first-order chi connectivity index (χ1) is 12.9. The number of nitrogens with zero attached hydrogens (tertiary/aromatic N) is 3. The summed E-state index contributed by atoms with van der Waals surface area (Å²) in [7, 11) is 0. The molecule has 3 rings (SSSR count). The van der Waals surface area contributed by atoms with Gasteiger partial charge in [0.1, 0.15) is 6.54 Å². The minimum absolute atomic E-state index is 0.0529. The summed E-state index contributed by atoms with van der Waals surface area (Å²) < 4.78 is 5.17. The van der Waals surface area contributed by atoms with Crippen LogP contribution in [0, 0.1) is 10.1 Å². The maximum atomic E-state index is 12.5. The van der Waals surface area contributed by atoms with Crippen molar-refractivity contribution < 1.29 is 24.0 Å². The van der Waals surface area contributed by atoms with Gasteiger partial charge in [0, 0.05) is 35.8 Å². The number of benzene rings is 1. The summed E-state index contributed by atoms with van der Waals surface area (Å²) in [5.41, 5.74) is 0.0586. The molecular weight excluding hydrogens is 398 g/mol. The van der Waals surface area contributed by atoms with E-state index in [1.807, 2.05) is 0 Å². The molecule has 11 heteroatoms. The summed E-state index contributed by atoms with van der Waals surface area (Å²) in [5.74, 6) is -0.968. The van der Waals surface area contributed by atoms with Gasteiger partial charge in [0.15, 0.2) is 0 Å². The van der Waals surface area contributed by atoms with E-state index in [2.05, 4.69) is 0 Å². The van der Waals surface area contributed by atoms with Crippen LogP contribution < -0.4 is 0 Å². The van der Waals surface area contributed by atoms with Crippen LogP contribution in [-0.2, 0) is 14.3 Å². The number of hydrogen-bond donors (Lipinski definition) is 0. The molecule has 0 aromatic heterocycles. The number of nitro benzene ring substituents is 1. The predicted octanol–water partition coefficient (Wildman–Crippen LogP) is 2.14. The lowest BCUT2D eigenvalue weighted by molar-refractivity contribution is -0.384. The molecule has 3 amide bonds. The Labute approximate surface area is 163 Å². The quantitative estimate of drug-likeness (QED) is 0.424. The van der Waals surface area contributed by atoms with Gasteiger partial charge >= 0.3 is 0 Å². The van der Waals surface area contributed by atoms with Gasteiger partial charge in [-0.2, -0.15) is 0 Å². The Hall–Kier alpha value is -2.43. The van der Waals surface area contributed by atoms with Crippen molar-refractivity contribution in [3.63, 3.8) is 0 Å². The number of nitro groups is 1. The van der Waals surface area contributed by atoms with Crippen LogP contribution >= 0.6 is 23.4 Å². The topological polar surface area (TPSA) is 110 Å². The van der Waals surface area contributed by atoms with E-state index in [9.17, 15) is 24.5 Å². The van der Waals surface area contributed by atoms with E-state index in [0.717, 1.165) is 4.90 Å². The van der Waals surface area contributed by atoms with E-state index in [0.29, 0.717) is 38.1 Å². The van der Waals surface area contributed by atoms with Crippen LogP contribution in [0.4, 0.5) is 10.5 Å². The molecule has 2 heterocycles. The fourth-order valence-electron chi connectivity index (χ4n) is 2.58. The lowest BCUT2D eigenvalue weighted by atomic mass is 10.2. The van der Waals surface area contributed by atoms with Gasteiger partial charge in [-0.05, 0) is 23.9 Å². The van der Waals surface area contributed by atoms with Gasteiger partial charge in [0.2, 0.25) is 5.91 Å². The number of amides is 3. The molecular formula is C16H14ClN3O6S. The van der Waals surface area contributed by atoms with Crippen molar-refractivity contribution >= 4 is 52.2 Å². The maximum Gasteiger partial charge on any atom is 0.294 e. The Kier molecular flexibility index (Phi) is 5.78. The van der Waals surface area contributed by atoms with Crippen LogP contribution in [0.25, 0.3) is 6.08 Å². The number of carbonyl (C=O) groups is 3. The number of imide groups is 1. The van der Waals surface area contributed by atoms with Gasteiger partial charge in [0.05, 0.1) is 23.0 Å². The lowest BCUT2D eigenvalue weighted by Crippen LogP contribution is -2.46. The number of morpholine rings is 1. The average Bonchev–Trinajstić information content (AvgIpc) is 2.91. The molecule has 0 unspecified atom stereocenters. The van der Waals surface area contributed by atoms with Crippen LogP contribution in [0.5, 0.6) is 0 Å². The molecule has 0 bridgehead atoms. The van der Waals surface area contributed by atoms with Crippen molar-refractivity contribution in [1.82, 2.24) is 9.80 Å². The highest BCUT2D eigenvalue weighted by Gasteiger charge is 2.37. The van der Waals surface area contributed by atoms with Gasteiger partial charge in [-0.25, -0.2) is 0 Å². The van der Waals surface area contributed by atoms with E-state index < -0.39 is 16.1 Å². The predicted molar refractivity (Wildman–Crippen MR) is 98.2 cm³/mol. The lowest BCUT2D eigenvalue weighted by Gasteiger charge is -2.28. The molecule has 1 aromatic rings. The smallest absolute Gasteiger partial charge is 0.294 e. The zero-order chi connectivity index (χ0) is 19.6. The van der Waals surface area contributed by atoms with Gasteiger partial charge in [-0.3, -0.25) is 29.4 Å². The van der Waals surface area contributed by atoms with Crippen LogP contribution in [-0.4, -0.2) is 64.6 Å². The Bertz CT molecular complexity index is 853. The number of thioether (sulfide) groups is 1. The third-order valence-electron chi connectivity index (χ3n) is 4.01. The summed E-state index contributed by atoms with van der Waals surface area (Å²) in [6.45, 7) is 1.30. The molecule has 1 aromatic carbocycles. The fraction of sp³-hybridized carbons (Fsp3) is 0.312. The van der Waals surface area contributed by atoms with Crippen LogP contribution in [0.1, 0.15) is 5.56 Å². The Morgan fingerprint density at radius 3 is 2.70 bits per heavy atom. The molecule has 9 nitrogen and oxygen atoms in total. The summed E-state index contributed by atoms with van der Waals surface area (Å²) >= 11 is 6.69. The number of hydrogen-bond acceptors (Lipinski definition) is 7. The number of halogens is 1. The molecule has 0 saturated carbocycles. The molecule has 0 spiro atoms. The minimum Gasteiger partial charge on any atom is -0.378 e. The minimum atomic E-state index is -0.630. The summed E-state index contributed by atoms with van der Waals surface area (Å²) in [4.78, 5) is 49.7. The molecule has 0 aliphatic carbocycles. The second kappa shape index (κ2) is 8.07. The first kappa shape index (κ1) is 19.3. The maximum absolute atomic E-state index is 12.5. The third kappa shape index (κ3) is 4.29. The highest BCUT2D eigenvalue weighted by molar-refractivity contribution is 8.18. The van der Waals surface area contributed by atoms with E-state index >= 15 is 0 Å². The van der Waals surface area contributed by atoms with Crippen molar-refractivity contribution in [1.29, 1.82) is 0 Å². The molecule has 2 aliphatic heterocycles. The molecule has 2 fully saturated rings. The monoisotopic (exact) mass is 411 g/mol. The van der Waals surface area contributed by atoms with Gasteiger partial charge in [-0.1, -0.05) is 11.6 Å². The van der Waals surface area contributed by atoms with Gasteiger partial charge in [-0.15, -0.1) is 0 Å². The first-order valence-corrected chi connectivity index (χ1v) is 9.11. The zero-order valence-electron chi connectivity index (χ0n) is 13.9. The summed E-state index contributed by atoms with van der Waals surface area (Å²) in [6.07, 6.45) is 1.32. The van der Waals surface area contributed by atoms with Crippen molar-refractivity contribution in [2.75, 3.05) is 32.8 Å². The molecule has 0 radical (unpaired) electrons. The normalized spacial score (nSPS) is 19.1. The van der Waals surface area contributed by atoms with Gasteiger partial charge in [0.25, 0.3) is 16.8 Å². The van der Waals surface area contributed by atoms with Gasteiger partial charge < -0.3 is 9.64 Å². The summed E-state index contributed by atoms with van der Waals surface area (Å²) in [6, 6.07) is 3.80. The number of ether oxygens (including phenoxy) is 1. The standard InChI is InChI=1S/C16H14ClN3O6S/c17-12-2-1-11(20(24)25)7-10(12)8-13-15(22)19(16(23)27-13)9-14(21)18-3-5-26-6-4-18/h1-2,7-8H,3-6,9H2/b13-8-. The van der Waals surface area contributed by atoms with Crippen LogP contribution in [0.3, 0.4) is 0 Å². The third-order valence-corrected chi connectivity index (χ3v) is 5.26.